The van der Waals surface area contributed by atoms with Gasteiger partial charge in [0.15, 0.2) is 0 Å². The van der Waals surface area contributed by atoms with Gasteiger partial charge in [-0.3, -0.25) is 4.79 Å². The van der Waals surface area contributed by atoms with Crippen LogP contribution in [0.4, 0.5) is 0 Å². The van der Waals surface area contributed by atoms with Crippen LogP contribution < -0.4 is 5.32 Å². The first-order chi connectivity index (χ1) is 6.13. The summed E-state index contributed by atoms with van der Waals surface area (Å²) in [5.41, 5.74) is 1.71. The monoisotopic (exact) mass is 198 g/mol. The van der Waals surface area contributed by atoms with Gasteiger partial charge in [0, 0.05) is 12.7 Å². The number of amides is 1. The fraction of sp³-hybridized carbons (Fsp3) is 0.333. The molecule has 13 heavy (non-hydrogen) atoms. The molecule has 0 fully saturated rings. The van der Waals surface area contributed by atoms with Gasteiger partial charge in [-0.05, 0) is 18.6 Å². The first-order valence-corrected chi connectivity index (χ1v) is 4.34. The number of carbonyl (C=O) groups excluding carboxylic acids is 1. The third-order valence-electron chi connectivity index (χ3n) is 1.79. The molecule has 0 aliphatic rings. The van der Waals surface area contributed by atoms with Crippen molar-refractivity contribution < 1.29 is 4.79 Å². The maximum atomic E-state index is 11.0. The van der Waals surface area contributed by atoms with Gasteiger partial charge in [-0.1, -0.05) is 17.7 Å². The number of halogens is 1. The molecule has 0 saturated heterocycles. The Hall–Kier alpha value is -1.09. The Balaban J connectivity index is 2.83. The number of carbonyl (C=O) groups is 1. The minimum Gasteiger partial charge on any atom is -0.359 e. The average Bonchev–Trinajstić information content (AvgIpc) is 2.09. The molecule has 4 heteroatoms. The summed E-state index contributed by atoms with van der Waals surface area (Å²) in [5.74, 6) is -0.0211. The minimum absolute atomic E-state index is 0.0211. The van der Waals surface area contributed by atoms with E-state index in [9.17, 15) is 4.79 Å². The topological polar surface area (TPSA) is 42.0 Å². The average molecular weight is 199 g/mol. The van der Waals surface area contributed by atoms with Gasteiger partial charge in [-0.15, -0.1) is 0 Å². The van der Waals surface area contributed by atoms with Gasteiger partial charge < -0.3 is 5.32 Å². The normalized spacial score (nSPS) is 9.77. The Morgan fingerprint density at radius 1 is 1.62 bits per heavy atom. The summed E-state index contributed by atoms with van der Waals surface area (Å²) in [6.07, 6.45) is 0.354. The molecule has 1 heterocycles. The first kappa shape index (κ1) is 9.99. The van der Waals surface area contributed by atoms with Crippen molar-refractivity contribution in [2.24, 2.45) is 0 Å². The van der Waals surface area contributed by atoms with Crippen LogP contribution in [0.15, 0.2) is 12.1 Å². The van der Waals surface area contributed by atoms with Crippen LogP contribution in [0.5, 0.6) is 0 Å². The second kappa shape index (κ2) is 4.23. The molecule has 0 aromatic carbocycles. The predicted octanol–water partition coefficient (Wildman–Crippen LogP) is 1.33. The van der Waals surface area contributed by atoms with Gasteiger partial charge in [-0.2, -0.15) is 0 Å². The van der Waals surface area contributed by atoms with Gasteiger partial charge >= 0.3 is 0 Å². The quantitative estimate of drug-likeness (QED) is 0.729. The van der Waals surface area contributed by atoms with E-state index in [-0.39, 0.29) is 5.91 Å². The highest BCUT2D eigenvalue weighted by Crippen LogP contribution is 2.10. The molecule has 0 aliphatic heterocycles. The van der Waals surface area contributed by atoms with E-state index < -0.39 is 0 Å². The summed E-state index contributed by atoms with van der Waals surface area (Å²) in [6.45, 7) is 1.84. The number of pyridine rings is 1. The van der Waals surface area contributed by atoms with E-state index in [2.05, 4.69) is 10.3 Å². The van der Waals surface area contributed by atoms with Crippen molar-refractivity contribution in [2.75, 3.05) is 7.05 Å². The summed E-state index contributed by atoms with van der Waals surface area (Å²) < 4.78 is 0. The van der Waals surface area contributed by atoms with Crippen LogP contribution in [0.3, 0.4) is 0 Å². The fourth-order valence-electron chi connectivity index (χ4n) is 1.01. The van der Waals surface area contributed by atoms with Gasteiger partial charge in [-0.25, -0.2) is 4.98 Å². The highest BCUT2D eigenvalue weighted by atomic mass is 35.5. The molecular formula is C9H11ClN2O. The van der Waals surface area contributed by atoms with Gasteiger partial charge in [0.05, 0.1) is 6.42 Å². The van der Waals surface area contributed by atoms with E-state index in [1.807, 2.05) is 13.0 Å². The standard InChI is InChI=1S/C9H11ClN2O/c1-6-7(5-9(13)11-2)3-4-8(10)12-6/h3-4H,5H2,1-2H3,(H,11,13). The molecule has 3 nitrogen and oxygen atoms in total. The molecule has 1 aromatic rings. The maximum Gasteiger partial charge on any atom is 0.224 e. The zero-order valence-corrected chi connectivity index (χ0v) is 8.35. The van der Waals surface area contributed by atoms with Crippen molar-refractivity contribution in [3.63, 3.8) is 0 Å². The first-order valence-electron chi connectivity index (χ1n) is 3.96. The molecule has 0 bridgehead atoms. The Kier molecular flexibility index (Phi) is 3.25. The molecule has 0 aliphatic carbocycles. The number of rotatable bonds is 2. The SMILES string of the molecule is CNC(=O)Cc1ccc(Cl)nc1C. The maximum absolute atomic E-state index is 11.0. The van der Waals surface area contributed by atoms with Crippen LogP contribution in [0, 0.1) is 6.92 Å². The van der Waals surface area contributed by atoms with E-state index in [4.69, 9.17) is 11.6 Å². The van der Waals surface area contributed by atoms with E-state index in [1.54, 1.807) is 13.1 Å². The summed E-state index contributed by atoms with van der Waals surface area (Å²) in [4.78, 5) is 15.1. The lowest BCUT2D eigenvalue weighted by Crippen LogP contribution is -2.20. The van der Waals surface area contributed by atoms with Gasteiger partial charge in [0.2, 0.25) is 5.91 Å². The number of likely N-dealkylation sites (N-methyl/N-ethyl adjacent to an activating group) is 1. The van der Waals surface area contributed by atoms with Gasteiger partial charge in [0.25, 0.3) is 0 Å². The van der Waals surface area contributed by atoms with Crippen molar-refractivity contribution in [1.82, 2.24) is 10.3 Å². The third kappa shape index (κ3) is 2.70. The molecule has 1 N–H and O–H groups in total. The van der Waals surface area contributed by atoms with Crippen molar-refractivity contribution >= 4 is 17.5 Å². The van der Waals surface area contributed by atoms with E-state index in [1.165, 1.54) is 0 Å². The molecule has 0 atom stereocenters. The lowest BCUT2D eigenvalue weighted by molar-refractivity contribution is -0.119. The lowest BCUT2D eigenvalue weighted by atomic mass is 10.1. The number of nitrogens with one attached hydrogen (secondary N) is 1. The number of hydrogen-bond acceptors (Lipinski definition) is 2. The van der Waals surface area contributed by atoms with Crippen molar-refractivity contribution in [3.05, 3.63) is 28.5 Å². The summed E-state index contributed by atoms with van der Waals surface area (Å²) in [6, 6.07) is 3.51. The lowest BCUT2D eigenvalue weighted by Gasteiger charge is -2.03. The molecule has 1 amide bonds. The molecule has 0 radical (unpaired) electrons. The molecule has 0 spiro atoms. The van der Waals surface area contributed by atoms with Crippen LogP contribution in [-0.4, -0.2) is 17.9 Å². The van der Waals surface area contributed by atoms with Crippen molar-refractivity contribution in [2.45, 2.75) is 13.3 Å². The molecule has 70 valence electrons. The molecule has 1 aromatic heterocycles. The second-order valence-corrected chi connectivity index (χ2v) is 3.12. The Labute approximate surface area is 82.1 Å². The van der Waals surface area contributed by atoms with Gasteiger partial charge in [0.1, 0.15) is 5.15 Å². The highest BCUT2D eigenvalue weighted by Gasteiger charge is 2.04. The van der Waals surface area contributed by atoms with Crippen LogP contribution >= 0.6 is 11.6 Å². The number of aryl methyl sites for hydroxylation is 1. The van der Waals surface area contributed by atoms with Crippen molar-refractivity contribution in [1.29, 1.82) is 0 Å². The summed E-state index contributed by atoms with van der Waals surface area (Å²) in [5, 5.41) is 3.01. The number of nitrogens with zero attached hydrogens (tertiary/aromatic N) is 1. The number of hydrogen-bond donors (Lipinski definition) is 1. The second-order valence-electron chi connectivity index (χ2n) is 2.73. The van der Waals surface area contributed by atoms with E-state index >= 15 is 0 Å². The Bertz CT molecular complexity index is 325. The molecular weight excluding hydrogens is 188 g/mol. The highest BCUT2D eigenvalue weighted by molar-refractivity contribution is 6.29. The van der Waals surface area contributed by atoms with E-state index in [0.717, 1.165) is 11.3 Å². The smallest absolute Gasteiger partial charge is 0.224 e. The zero-order chi connectivity index (χ0) is 9.84. The molecule has 0 unspecified atom stereocenters. The summed E-state index contributed by atoms with van der Waals surface area (Å²) >= 11 is 5.68. The van der Waals surface area contributed by atoms with Crippen molar-refractivity contribution in [3.8, 4) is 0 Å². The molecule has 0 saturated carbocycles. The predicted molar refractivity (Wildman–Crippen MR) is 51.8 cm³/mol. The Morgan fingerprint density at radius 3 is 2.85 bits per heavy atom. The Morgan fingerprint density at radius 2 is 2.31 bits per heavy atom. The molecule has 1 rings (SSSR count). The fourth-order valence-corrected chi connectivity index (χ4v) is 1.20. The van der Waals surface area contributed by atoms with Crippen LogP contribution in [-0.2, 0) is 11.2 Å². The van der Waals surface area contributed by atoms with Crippen LogP contribution in [0.25, 0.3) is 0 Å². The zero-order valence-electron chi connectivity index (χ0n) is 7.60. The summed E-state index contributed by atoms with van der Waals surface area (Å²) in [7, 11) is 1.61. The van der Waals surface area contributed by atoms with Crippen LogP contribution in [0.2, 0.25) is 5.15 Å². The minimum atomic E-state index is -0.0211. The van der Waals surface area contributed by atoms with E-state index in [0.29, 0.717) is 11.6 Å². The largest absolute Gasteiger partial charge is 0.359 e. The third-order valence-corrected chi connectivity index (χ3v) is 2.00. The van der Waals surface area contributed by atoms with Crippen LogP contribution in [0.1, 0.15) is 11.3 Å². The number of aromatic nitrogens is 1.